The first-order valence-corrected chi connectivity index (χ1v) is 4.75. The molecule has 1 aliphatic heterocycles. The van der Waals surface area contributed by atoms with E-state index in [1.165, 1.54) is 12.3 Å². The first kappa shape index (κ1) is 9.83. The fourth-order valence-corrected chi connectivity index (χ4v) is 1.67. The molecular formula is C11H11FN2O. The van der Waals surface area contributed by atoms with E-state index in [2.05, 4.69) is 11.6 Å². The minimum Gasteiger partial charge on any atom is -0.310 e. The molecule has 0 N–H and O–H groups in total. The first-order valence-electron chi connectivity index (χ1n) is 4.75. The summed E-state index contributed by atoms with van der Waals surface area (Å²) in [6, 6.07) is 2.82. The monoisotopic (exact) mass is 206 g/mol. The summed E-state index contributed by atoms with van der Waals surface area (Å²) in [6.07, 6.45) is 3.62. The summed E-state index contributed by atoms with van der Waals surface area (Å²) in [6.45, 7) is 4.27. The molecule has 1 aromatic rings. The van der Waals surface area contributed by atoms with Gasteiger partial charge in [0, 0.05) is 18.9 Å². The van der Waals surface area contributed by atoms with Crippen molar-refractivity contribution in [2.45, 2.75) is 6.42 Å². The van der Waals surface area contributed by atoms with Gasteiger partial charge in [-0.2, -0.15) is 4.39 Å². The Morgan fingerprint density at radius 2 is 2.40 bits per heavy atom. The SMILES string of the molecule is C=CC1CC(=O)N(c2ccc(F)nc2)C1. The van der Waals surface area contributed by atoms with Crippen molar-refractivity contribution in [3.8, 4) is 0 Å². The molecule has 0 radical (unpaired) electrons. The molecule has 1 amide bonds. The number of hydrogen-bond acceptors (Lipinski definition) is 2. The number of hydrogen-bond donors (Lipinski definition) is 0. The molecule has 2 heterocycles. The van der Waals surface area contributed by atoms with E-state index in [0.717, 1.165) is 0 Å². The first-order chi connectivity index (χ1) is 7.20. The van der Waals surface area contributed by atoms with Crippen LogP contribution in [0.5, 0.6) is 0 Å². The van der Waals surface area contributed by atoms with Crippen LogP contribution in [0.2, 0.25) is 0 Å². The lowest BCUT2D eigenvalue weighted by Crippen LogP contribution is -2.24. The average molecular weight is 206 g/mol. The van der Waals surface area contributed by atoms with E-state index in [0.29, 0.717) is 18.7 Å². The molecule has 1 unspecified atom stereocenters. The van der Waals surface area contributed by atoms with Crippen molar-refractivity contribution in [2.24, 2.45) is 5.92 Å². The number of carbonyl (C=O) groups is 1. The van der Waals surface area contributed by atoms with Crippen LogP contribution in [-0.2, 0) is 4.79 Å². The zero-order valence-corrected chi connectivity index (χ0v) is 8.19. The van der Waals surface area contributed by atoms with Gasteiger partial charge in [-0.05, 0) is 12.1 Å². The second-order valence-electron chi connectivity index (χ2n) is 3.54. The van der Waals surface area contributed by atoms with Crippen LogP contribution in [-0.4, -0.2) is 17.4 Å². The highest BCUT2D eigenvalue weighted by molar-refractivity contribution is 5.95. The Morgan fingerprint density at radius 3 is 2.93 bits per heavy atom. The third-order valence-corrected chi connectivity index (χ3v) is 2.51. The minimum atomic E-state index is -0.536. The molecule has 1 fully saturated rings. The molecule has 15 heavy (non-hydrogen) atoms. The highest BCUT2D eigenvalue weighted by atomic mass is 19.1. The van der Waals surface area contributed by atoms with Crippen LogP contribution in [0.15, 0.2) is 31.0 Å². The van der Waals surface area contributed by atoms with Gasteiger partial charge in [0.2, 0.25) is 11.9 Å². The van der Waals surface area contributed by atoms with Crippen molar-refractivity contribution in [3.05, 3.63) is 36.9 Å². The fraction of sp³-hybridized carbons (Fsp3) is 0.273. The number of aromatic nitrogens is 1. The third kappa shape index (κ3) is 1.88. The smallest absolute Gasteiger partial charge is 0.227 e. The Bertz CT molecular complexity index is 388. The van der Waals surface area contributed by atoms with Crippen molar-refractivity contribution >= 4 is 11.6 Å². The number of nitrogens with zero attached hydrogens (tertiary/aromatic N) is 2. The molecule has 4 heteroatoms. The maximum atomic E-state index is 12.6. The van der Waals surface area contributed by atoms with Crippen LogP contribution < -0.4 is 4.90 Å². The van der Waals surface area contributed by atoms with Gasteiger partial charge in [-0.3, -0.25) is 4.79 Å². The molecule has 1 aromatic heterocycles. The number of pyridine rings is 1. The lowest BCUT2D eigenvalue weighted by atomic mass is 10.1. The van der Waals surface area contributed by atoms with Crippen LogP contribution in [0.25, 0.3) is 0 Å². The Morgan fingerprint density at radius 1 is 1.60 bits per heavy atom. The van der Waals surface area contributed by atoms with Gasteiger partial charge >= 0.3 is 0 Å². The summed E-state index contributed by atoms with van der Waals surface area (Å²) < 4.78 is 12.6. The lowest BCUT2D eigenvalue weighted by molar-refractivity contribution is -0.117. The predicted octanol–water partition coefficient (Wildman–Crippen LogP) is 1.76. The van der Waals surface area contributed by atoms with Crippen LogP contribution in [0.4, 0.5) is 10.1 Å². The van der Waals surface area contributed by atoms with E-state index in [4.69, 9.17) is 0 Å². The standard InChI is InChI=1S/C11H11FN2O/c1-2-8-5-11(15)14(7-8)9-3-4-10(12)13-6-9/h2-4,6,8H,1,5,7H2. The Kier molecular flexibility index (Phi) is 2.49. The topological polar surface area (TPSA) is 33.2 Å². The zero-order valence-electron chi connectivity index (χ0n) is 8.19. The molecule has 1 atom stereocenters. The second kappa shape index (κ2) is 3.81. The minimum absolute atomic E-state index is 0.0355. The maximum absolute atomic E-state index is 12.6. The average Bonchev–Trinajstić information content (AvgIpc) is 2.61. The molecule has 78 valence electrons. The van der Waals surface area contributed by atoms with Gasteiger partial charge in [-0.1, -0.05) is 6.08 Å². The van der Waals surface area contributed by atoms with Crippen LogP contribution in [0.1, 0.15) is 6.42 Å². The Hall–Kier alpha value is -1.71. The number of anilines is 1. The van der Waals surface area contributed by atoms with Crippen molar-refractivity contribution < 1.29 is 9.18 Å². The molecule has 0 bridgehead atoms. The quantitative estimate of drug-likeness (QED) is 0.545. The summed E-state index contributed by atoms with van der Waals surface area (Å²) in [4.78, 5) is 16.7. The summed E-state index contributed by atoms with van der Waals surface area (Å²) in [5.74, 6) is -0.318. The lowest BCUT2D eigenvalue weighted by Gasteiger charge is -2.15. The van der Waals surface area contributed by atoms with Gasteiger partial charge in [-0.15, -0.1) is 6.58 Å². The maximum Gasteiger partial charge on any atom is 0.227 e. The molecule has 0 spiro atoms. The van der Waals surface area contributed by atoms with Crippen molar-refractivity contribution in [3.63, 3.8) is 0 Å². The number of carbonyl (C=O) groups excluding carboxylic acids is 1. The van der Waals surface area contributed by atoms with Gasteiger partial charge in [0.05, 0.1) is 11.9 Å². The predicted molar refractivity (Wildman–Crippen MR) is 54.9 cm³/mol. The van der Waals surface area contributed by atoms with Crippen LogP contribution in [0, 0.1) is 11.9 Å². The van der Waals surface area contributed by atoms with E-state index >= 15 is 0 Å². The molecule has 1 aliphatic rings. The highest BCUT2D eigenvalue weighted by Crippen LogP contribution is 2.24. The Labute approximate surface area is 87.2 Å². The number of rotatable bonds is 2. The van der Waals surface area contributed by atoms with Crippen molar-refractivity contribution in [1.29, 1.82) is 0 Å². The third-order valence-electron chi connectivity index (χ3n) is 2.51. The Balaban J connectivity index is 2.21. The van der Waals surface area contributed by atoms with E-state index < -0.39 is 5.95 Å². The zero-order chi connectivity index (χ0) is 10.8. The van der Waals surface area contributed by atoms with E-state index in [-0.39, 0.29) is 11.8 Å². The van der Waals surface area contributed by atoms with Crippen molar-refractivity contribution in [2.75, 3.05) is 11.4 Å². The second-order valence-corrected chi connectivity index (χ2v) is 3.54. The van der Waals surface area contributed by atoms with E-state index in [9.17, 15) is 9.18 Å². The molecule has 0 saturated carbocycles. The van der Waals surface area contributed by atoms with Crippen molar-refractivity contribution in [1.82, 2.24) is 4.98 Å². The molecule has 3 nitrogen and oxygen atoms in total. The molecule has 2 rings (SSSR count). The van der Waals surface area contributed by atoms with E-state index in [1.807, 2.05) is 0 Å². The molecule has 1 saturated heterocycles. The largest absolute Gasteiger partial charge is 0.310 e. The summed E-state index contributed by atoms with van der Waals surface area (Å²) >= 11 is 0. The summed E-state index contributed by atoms with van der Waals surface area (Å²) in [5, 5.41) is 0. The normalized spacial score (nSPS) is 20.7. The van der Waals surface area contributed by atoms with Crippen LogP contribution >= 0.6 is 0 Å². The van der Waals surface area contributed by atoms with Crippen LogP contribution in [0.3, 0.4) is 0 Å². The molecular weight excluding hydrogens is 195 g/mol. The summed E-state index contributed by atoms with van der Waals surface area (Å²) in [7, 11) is 0. The number of halogens is 1. The number of amides is 1. The van der Waals surface area contributed by atoms with Gasteiger partial charge in [-0.25, -0.2) is 4.98 Å². The van der Waals surface area contributed by atoms with Gasteiger partial charge < -0.3 is 4.90 Å². The van der Waals surface area contributed by atoms with E-state index in [1.54, 1.807) is 17.0 Å². The summed E-state index contributed by atoms with van der Waals surface area (Å²) in [5.41, 5.74) is 0.644. The molecule has 0 aromatic carbocycles. The van der Waals surface area contributed by atoms with Gasteiger partial charge in [0.25, 0.3) is 0 Å². The fourth-order valence-electron chi connectivity index (χ4n) is 1.67. The van der Waals surface area contributed by atoms with Gasteiger partial charge in [0.15, 0.2) is 0 Å². The molecule has 0 aliphatic carbocycles. The van der Waals surface area contributed by atoms with Gasteiger partial charge in [0.1, 0.15) is 0 Å². The highest BCUT2D eigenvalue weighted by Gasteiger charge is 2.28.